The SMILES string of the molecule is CC(C)(CNCC1(CO)CC1)c1ccc[nH]1. The smallest absolute Gasteiger partial charge is 0.0499 e. The zero-order valence-electron chi connectivity index (χ0n) is 10.2. The van der Waals surface area contributed by atoms with Crippen molar-refractivity contribution in [2.45, 2.75) is 32.1 Å². The first-order valence-electron chi connectivity index (χ1n) is 6.04. The molecule has 0 atom stereocenters. The zero-order chi connectivity index (χ0) is 11.6. The highest BCUT2D eigenvalue weighted by atomic mass is 16.3. The monoisotopic (exact) mass is 222 g/mol. The minimum atomic E-state index is 0.120. The molecule has 1 aliphatic carbocycles. The largest absolute Gasteiger partial charge is 0.396 e. The Balaban J connectivity index is 1.81. The topological polar surface area (TPSA) is 48.0 Å². The lowest BCUT2D eigenvalue weighted by Gasteiger charge is -2.25. The summed E-state index contributed by atoms with van der Waals surface area (Å²) in [5.74, 6) is 0. The molecule has 0 bridgehead atoms. The van der Waals surface area contributed by atoms with Crippen LogP contribution in [-0.4, -0.2) is 29.8 Å². The average molecular weight is 222 g/mol. The maximum atomic E-state index is 9.22. The Kier molecular flexibility index (Phi) is 3.08. The summed E-state index contributed by atoms with van der Waals surface area (Å²) in [6.45, 7) is 6.65. The van der Waals surface area contributed by atoms with E-state index in [0.29, 0.717) is 6.61 Å². The second-order valence-corrected chi connectivity index (χ2v) is 5.73. The van der Waals surface area contributed by atoms with E-state index in [1.807, 2.05) is 12.3 Å². The van der Waals surface area contributed by atoms with Gasteiger partial charge in [0.25, 0.3) is 0 Å². The van der Waals surface area contributed by atoms with Crippen LogP contribution in [0.15, 0.2) is 18.3 Å². The third-order valence-corrected chi connectivity index (χ3v) is 3.69. The maximum Gasteiger partial charge on any atom is 0.0499 e. The van der Waals surface area contributed by atoms with E-state index in [1.165, 1.54) is 18.5 Å². The van der Waals surface area contributed by atoms with E-state index in [1.54, 1.807) is 0 Å². The van der Waals surface area contributed by atoms with E-state index in [2.05, 4.69) is 30.2 Å². The number of nitrogens with one attached hydrogen (secondary N) is 2. The third-order valence-electron chi connectivity index (χ3n) is 3.69. The highest BCUT2D eigenvalue weighted by molar-refractivity contribution is 5.15. The van der Waals surface area contributed by atoms with Gasteiger partial charge in [0.05, 0.1) is 0 Å². The Morgan fingerprint density at radius 2 is 2.25 bits per heavy atom. The quantitative estimate of drug-likeness (QED) is 0.685. The van der Waals surface area contributed by atoms with Crippen LogP contribution in [0.4, 0.5) is 0 Å². The van der Waals surface area contributed by atoms with Gasteiger partial charge in [0.2, 0.25) is 0 Å². The van der Waals surface area contributed by atoms with E-state index in [-0.39, 0.29) is 10.8 Å². The van der Waals surface area contributed by atoms with Crippen molar-refractivity contribution in [1.29, 1.82) is 0 Å². The third kappa shape index (κ3) is 2.47. The van der Waals surface area contributed by atoms with Crippen molar-refractivity contribution in [3.8, 4) is 0 Å². The molecular formula is C13H22N2O. The van der Waals surface area contributed by atoms with Crippen molar-refractivity contribution in [3.05, 3.63) is 24.0 Å². The predicted octanol–water partition coefficient (Wildman–Crippen LogP) is 1.65. The minimum absolute atomic E-state index is 0.120. The predicted molar refractivity (Wildman–Crippen MR) is 65.4 cm³/mol. The van der Waals surface area contributed by atoms with Gasteiger partial charge >= 0.3 is 0 Å². The Bertz CT molecular complexity index is 326. The highest BCUT2D eigenvalue weighted by Crippen LogP contribution is 2.44. The molecule has 1 aliphatic rings. The van der Waals surface area contributed by atoms with Crippen LogP contribution in [0.5, 0.6) is 0 Å². The summed E-state index contributed by atoms with van der Waals surface area (Å²) >= 11 is 0. The molecule has 1 aromatic rings. The fourth-order valence-corrected chi connectivity index (χ4v) is 2.05. The Morgan fingerprint density at radius 3 is 2.75 bits per heavy atom. The van der Waals surface area contributed by atoms with Crippen LogP contribution < -0.4 is 5.32 Å². The number of H-pyrrole nitrogens is 1. The Morgan fingerprint density at radius 1 is 1.50 bits per heavy atom. The summed E-state index contributed by atoms with van der Waals surface area (Å²) in [7, 11) is 0. The molecular weight excluding hydrogens is 200 g/mol. The van der Waals surface area contributed by atoms with Crippen LogP contribution in [0.2, 0.25) is 0 Å². The summed E-state index contributed by atoms with van der Waals surface area (Å²) in [5.41, 5.74) is 1.58. The molecule has 90 valence electrons. The van der Waals surface area contributed by atoms with Gasteiger partial charge in [-0.3, -0.25) is 0 Å². The van der Waals surface area contributed by atoms with Gasteiger partial charge in [0, 0.05) is 42.4 Å². The molecule has 0 radical (unpaired) electrons. The lowest BCUT2D eigenvalue weighted by Crippen LogP contribution is -2.37. The summed E-state index contributed by atoms with van der Waals surface area (Å²) in [6, 6.07) is 4.16. The first-order chi connectivity index (χ1) is 7.58. The van der Waals surface area contributed by atoms with Gasteiger partial charge in [0.1, 0.15) is 0 Å². The summed E-state index contributed by atoms with van der Waals surface area (Å²) in [4.78, 5) is 3.27. The van der Waals surface area contributed by atoms with Crippen molar-refractivity contribution in [3.63, 3.8) is 0 Å². The van der Waals surface area contributed by atoms with Crippen LogP contribution in [0.25, 0.3) is 0 Å². The van der Waals surface area contributed by atoms with Crippen LogP contribution in [0, 0.1) is 5.41 Å². The standard InChI is InChI=1S/C13H22N2O/c1-12(2,11-4-3-7-15-11)8-14-9-13(10-16)5-6-13/h3-4,7,14-16H,5-6,8-10H2,1-2H3. The lowest BCUT2D eigenvalue weighted by molar-refractivity contribution is 0.205. The van der Waals surface area contributed by atoms with Gasteiger partial charge in [-0.15, -0.1) is 0 Å². The first-order valence-corrected chi connectivity index (χ1v) is 6.04. The fourth-order valence-electron chi connectivity index (χ4n) is 2.05. The first kappa shape index (κ1) is 11.7. The highest BCUT2D eigenvalue weighted by Gasteiger charge is 2.41. The molecule has 3 N–H and O–H groups in total. The van der Waals surface area contributed by atoms with Gasteiger partial charge in [-0.05, 0) is 25.0 Å². The molecule has 1 heterocycles. The maximum absolute atomic E-state index is 9.22. The molecule has 0 aliphatic heterocycles. The number of hydrogen-bond donors (Lipinski definition) is 3. The van der Waals surface area contributed by atoms with E-state index < -0.39 is 0 Å². The normalized spacial score (nSPS) is 18.7. The van der Waals surface area contributed by atoms with Crippen LogP contribution in [0.3, 0.4) is 0 Å². The summed E-state index contributed by atoms with van der Waals surface area (Å²) < 4.78 is 0. The molecule has 0 unspecified atom stereocenters. The van der Waals surface area contributed by atoms with Gasteiger partial charge in [0.15, 0.2) is 0 Å². The summed E-state index contributed by atoms with van der Waals surface area (Å²) in [5, 5.41) is 12.7. The van der Waals surface area contributed by atoms with E-state index in [0.717, 1.165) is 13.1 Å². The van der Waals surface area contributed by atoms with E-state index in [9.17, 15) is 5.11 Å². The molecule has 3 nitrogen and oxygen atoms in total. The average Bonchev–Trinajstić information content (AvgIpc) is 2.81. The number of aliphatic hydroxyl groups is 1. The van der Waals surface area contributed by atoms with Crippen LogP contribution >= 0.6 is 0 Å². The van der Waals surface area contributed by atoms with E-state index in [4.69, 9.17) is 0 Å². The van der Waals surface area contributed by atoms with Gasteiger partial charge in [-0.2, -0.15) is 0 Å². The molecule has 0 aromatic carbocycles. The Hall–Kier alpha value is -0.800. The van der Waals surface area contributed by atoms with Crippen LogP contribution in [0.1, 0.15) is 32.4 Å². The van der Waals surface area contributed by atoms with Gasteiger partial charge in [-0.1, -0.05) is 13.8 Å². The number of aromatic nitrogens is 1. The second kappa shape index (κ2) is 4.22. The number of aliphatic hydroxyl groups excluding tert-OH is 1. The molecule has 0 amide bonds. The van der Waals surface area contributed by atoms with Crippen molar-refractivity contribution >= 4 is 0 Å². The van der Waals surface area contributed by atoms with Gasteiger partial charge < -0.3 is 15.4 Å². The molecule has 1 saturated carbocycles. The fraction of sp³-hybridized carbons (Fsp3) is 0.692. The molecule has 3 heteroatoms. The van der Waals surface area contributed by atoms with Crippen LogP contribution in [-0.2, 0) is 5.41 Å². The molecule has 1 aromatic heterocycles. The Labute approximate surface area is 97.3 Å². The summed E-state index contributed by atoms with van der Waals surface area (Å²) in [6.07, 6.45) is 4.30. The molecule has 2 rings (SSSR count). The molecule has 1 fully saturated rings. The number of aromatic amines is 1. The van der Waals surface area contributed by atoms with E-state index >= 15 is 0 Å². The zero-order valence-corrected chi connectivity index (χ0v) is 10.2. The second-order valence-electron chi connectivity index (χ2n) is 5.73. The van der Waals surface area contributed by atoms with Crippen molar-refractivity contribution < 1.29 is 5.11 Å². The van der Waals surface area contributed by atoms with Gasteiger partial charge in [-0.25, -0.2) is 0 Å². The van der Waals surface area contributed by atoms with Crippen molar-refractivity contribution in [1.82, 2.24) is 10.3 Å². The number of rotatable bonds is 6. The van der Waals surface area contributed by atoms with Crippen molar-refractivity contribution in [2.24, 2.45) is 5.41 Å². The number of hydrogen-bond acceptors (Lipinski definition) is 2. The molecule has 0 spiro atoms. The minimum Gasteiger partial charge on any atom is -0.396 e. The van der Waals surface area contributed by atoms with Crippen molar-refractivity contribution in [2.75, 3.05) is 19.7 Å². The lowest BCUT2D eigenvalue weighted by atomic mass is 9.89. The molecule has 0 saturated heterocycles. The molecule has 16 heavy (non-hydrogen) atoms.